The van der Waals surface area contributed by atoms with Crippen LogP contribution < -0.4 is 5.73 Å². The van der Waals surface area contributed by atoms with Gasteiger partial charge in [-0.3, -0.25) is 9.78 Å². The molecule has 0 aliphatic heterocycles. The van der Waals surface area contributed by atoms with Crippen molar-refractivity contribution in [3.8, 4) is 0 Å². The number of methoxy groups -OCH3 is 1. The SMILES string of the molecule is COC(=O)CCc1ccc(CCCC(CCN)c2cccnc2)cc1. The van der Waals surface area contributed by atoms with Crippen LogP contribution in [0.25, 0.3) is 0 Å². The summed E-state index contributed by atoms with van der Waals surface area (Å²) in [5, 5.41) is 0. The van der Waals surface area contributed by atoms with E-state index in [-0.39, 0.29) is 5.97 Å². The minimum Gasteiger partial charge on any atom is -0.469 e. The van der Waals surface area contributed by atoms with Gasteiger partial charge in [0.15, 0.2) is 0 Å². The Morgan fingerprint density at radius 1 is 1.12 bits per heavy atom. The van der Waals surface area contributed by atoms with E-state index in [1.54, 1.807) is 0 Å². The number of ether oxygens (including phenoxy) is 1. The predicted octanol–water partition coefficient (Wildman–Crippen LogP) is 3.64. The third kappa shape index (κ3) is 6.67. The first-order chi connectivity index (χ1) is 12.2. The summed E-state index contributed by atoms with van der Waals surface area (Å²) < 4.78 is 4.68. The van der Waals surface area contributed by atoms with Crippen molar-refractivity contribution in [3.63, 3.8) is 0 Å². The van der Waals surface area contributed by atoms with Gasteiger partial charge in [-0.05, 0) is 67.3 Å². The number of esters is 1. The molecule has 0 fully saturated rings. The maximum absolute atomic E-state index is 11.2. The van der Waals surface area contributed by atoms with Crippen molar-refractivity contribution in [3.05, 3.63) is 65.5 Å². The average molecular weight is 340 g/mol. The molecule has 1 atom stereocenters. The molecule has 0 radical (unpaired) electrons. The molecule has 0 bridgehead atoms. The van der Waals surface area contributed by atoms with Crippen LogP contribution in [0.2, 0.25) is 0 Å². The summed E-state index contributed by atoms with van der Waals surface area (Å²) in [5.41, 5.74) is 9.56. The van der Waals surface area contributed by atoms with Crippen LogP contribution in [0.1, 0.15) is 48.3 Å². The summed E-state index contributed by atoms with van der Waals surface area (Å²) in [6, 6.07) is 12.7. The molecule has 2 N–H and O–H groups in total. The Morgan fingerprint density at radius 2 is 1.84 bits per heavy atom. The third-order valence-electron chi connectivity index (χ3n) is 4.56. The number of rotatable bonds is 10. The molecule has 1 aromatic heterocycles. The van der Waals surface area contributed by atoms with Crippen LogP contribution >= 0.6 is 0 Å². The van der Waals surface area contributed by atoms with Gasteiger partial charge in [0.1, 0.15) is 0 Å². The second-order valence-corrected chi connectivity index (χ2v) is 6.35. The molecule has 0 aliphatic carbocycles. The second-order valence-electron chi connectivity index (χ2n) is 6.35. The molecule has 0 spiro atoms. The van der Waals surface area contributed by atoms with Crippen LogP contribution in [0.5, 0.6) is 0 Å². The number of nitrogens with zero attached hydrogens (tertiary/aromatic N) is 1. The number of pyridine rings is 1. The molecule has 4 nitrogen and oxygen atoms in total. The molecule has 0 amide bonds. The fourth-order valence-corrected chi connectivity index (χ4v) is 3.07. The van der Waals surface area contributed by atoms with Crippen LogP contribution in [-0.4, -0.2) is 24.6 Å². The van der Waals surface area contributed by atoms with Crippen molar-refractivity contribution in [2.45, 2.75) is 44.4 Å². The number of aryl methyl sites for hydroxylation is 2. The van der Waals surface area contributed by atoms with Gasteiger partial charge in [0, 0.05) is 18.8 Å². The minimum atomic E-state index is -0.162. The van der Waals surface area contributed by atoms with Gasteiger partial charge in [-0.2, -0.15) is 0 Å². The van der Waals surface area contributed by atoms with E-state index in [1.165, 1.54) is 23.8 Å². The monoisotopic (exact) mass is 340 g/mol. The molecule has 1 heterocycles. The lowest BCUT2D eigenvalue weighted by molar-refractivity contribution is -0.140. The fourth-order valence-electron chi connectivity index (χ4n) is 3.07. The quantitative estimate of drug-likeness (QED) is 0.671. The van der Waals surface area contributed by atoms with Crippen LogP contribution in [0, 0.1) is 0 Å². The molecule has 0 saturated heterocycles. The first-order valence-electron chi connectivity index (χ1n) is 8.97. The van der Waals surface area contributed by atoms with Crippen molar-refractivity contribution in [2.24, 2.45) is 5.73 Å². The lowest BCUT2D eigenvalue weighted by atomic mass is 9.91. The zero-order valence-electron chi connectivity index (χ0n) is 15.0. The van der Waals surface area contributed by atoms with E-state index in [4.69, 9.17) is 5.73 Å². The summed E-state index contributed by atoms with van der Waals surface area (Å²) in [5.74, 6) is 0.323. The summed E-state index contributed by atoms with van der Waals surface area (Å²) in [4.78, 5) is 15.4. The number of nitrogens with two attached hydrogens (primary N) is 1. The highest BCUT2D eigenvalue weighted by molar-refractivity contribution is 5.69. The van der Waals surface area contributed by atoms with Crippen molar-refractivity contribution in [1.82, 2.24) is 4.98 Å². The van der Waals surface area contributed by atoms with E-state index in [0.717, 1.165) is 32.1 Å². The molecular weight excluding hydrogens is 312 g/mol. The van der Waals surface area contributed by atoms with Crippen molar-refractivity contribution in [2.75, 3.05) is 13.7 Å². The van der Waals surface area contributed by atoms with Gasteiger partial charge in [0.05, 0.1) is 7.11 Å². The number of hydrogen-bond acceptors (Lipinski definition) is 4. The zero-order chi connectivity index (χ0) is 17.9. The molecule has 2 rings (SSSR count). The zero-order valence-corrected chi connectivity index (χ0v) is 15.0. The van der Waals surface area contributed by atoms with E-state index >= 15 is 0 Å². The average Bonchev–Trinajstić information content (AvgIpc) is 2.67. The fraction of sp³-hybridized carbons (Fsp3) is 0.429. The lowest BCUT2D eigenvalue weighted by Crippen LogP contribution is -2.08. The number of aromatic nitrogens is 1. The maximum atomic E-state index is 11.2. The summed E-state index contributed by atoms with van der Waals surface area (Å²) in [6.07, 6.45) is 9.22. The van der Waals surface area contributed by atoms with Crippen LogP contribution in [0.3, 0.4) is 0 Å². The van der Waals surface area contributed by atoms with Crippen molar-refractivity contribution >= 4 is 5.97 Å². The van der Waals surface area contributed by atoms with Crippen molar-refractivity contribution < 1.29 is 9.53 Å². The van der Waals surface area contributed by atoms with Gasteiger partial charge in [0.2, 0.25) is 0 Å². The van der Waals surface area contributed by atoms with Gasteiger partial charge in [-0.1, -0.05) is 30.3 Å². The first-order valence-corrected chi connectivity index (χ1v) is 8.97. The number of benzene rings is 1. The highest BCUT2D eigenvalue weighted by Crippen LogP contribution is 2.24. The molecule has 0 aliphatic rings. The molecule has 134 valence electrons. The summed E-state index contributed by atoms with van der Waals surface area (Å²) in [6.45, 7) is 0.703. The highest BCUT2D eigenvalue weighted by atomic mass is 16.5. The van der Waals surface area contributed by atoms with Gasteiger partial charge < -0.3 is 10.5 Å². The number of hydrogen-bond donors (Lipinski definition) is 1. The summed E-state index contributed by atoms with van der Waals surface area (Å²) >= 11 is 0. The third-order valence-corrected chi connectivity index (χ3v) is 4.56. The normalized spacial score (nSPS) is 11.9. The Morgan fingerprint density at radius 3 is 2.44 bits per heavy atom. The number of carbonyl (C=O) groups excluding carboxylic acids is 1. The van der Waals surface area contributed by atoms with Crippen LogP contribution in [-0.2, 0) is 22.4 Å². The Labute approximate surface area is 150 Å². The van der Waals surface area contributed by atoms with E-state index in [0.29, 0.717) is 18.9 Å². The smallest absolute Gasteiger partial charge is 0.305 e. The van der Waals surface area contributed by atoms with E-state index < -0.39 is 0 Å². The molecule has 0 saturated carbocycles. The molecule has 1 unspecified atom stereocenters. The first kappa shape index (κ1) is 19.1. The topological polar surface area (TPSA) is 65.2 Å². The van der Waals surface area contributed by atoms with Gasteiger partial charge in [-0.25, -0.2) is 0 Å². The Balaban J connectivity index is 1.81. The Kier molecular flexibility index (Phi) is 8.13. The second kappa shape index (κ2) is 10.6. The molecule has 25 heavy (non-hydrogen) atoms. The minimum absolute atomic E-state index is 0.162. The molecule has 2 aromatic rings. The number of carbonyl (C=O) groups is 1. The Bertz CT molecular complexity index is 626. The van der Waals surface area contributed by atoms with E-state index in [2.05, 4.69) is 40.1 Å². The van der Waals surface area contributed by atoms with Gasteiger partial charge >= 0.3 is 5.97 Å². The molecule has 4 heteroatoms. The van der Waals surface area contributed by atoms with Gasteiger partial charge in [0.25, 0.3) is 0 Å². The predicted molar refractivity (Wildman–Crippen MR) is 100 cm³/mol. The van der Waals surface area contributed by atoms with E-state index in [1.807, 2.05) is 18.5 Å². The highest BCUT2D eigenvalue weighted by Gasteiger charge is 2.10. The Hall–Kier alpha value is -2.20. The lowest BCUT2D eigenvalue weighted by Gasteiger charge is -2.16. The van der Waals surface area contributed by atoms with Crippen LogP contribution in [0.15, 0.2) is 48.8 Å². The largest absolute Gasteiger partial charge is 0.469 e. The summed E-state index contributed by atoms with van der Waals surface area (Å²) in [7, 11) is 1.43. The standard InChI is InChI=1S/C21H28N2O2/c1-25-21(24)12-11-18-9-7-17(8-10-18)4-2-5-19(13-14-22)20-6-3-15-23-16-20/h3,6-10,15-16,19H,2,4-5,11-14,22H2,1H3. The molecule has 1 aromatic carbocycles. The van der Waals surface area contributed by atoms with E-state index in [9.17, 15) is 4.79 Å². The van der Waals surface area contributed by atoms with Gasteiger partial charge in [-0.15, -0.1) is 0 Å². The molecular formula is C21H28N2O2. The van der Waals surface area contributed by atoms with Crippen molar-refractivity contribution in [1.29, 1.82) is 0 Å². The maximum Gasteiger partial charge on any atom is 0.305 e. The van der Waals surface area contributed by atoms with Crippen LogP contribution in [0.4, 0.5) is 0 Å².